The average molecular weight is 356 g/mol. The van der Waals surface area contributed by atoms with E-state index in [1.54, 1.807) is 12.1 Å². The van der Waals surface area contributed by atoms with Gasteiger partial charge in [0.05, 0.1) is 23.3 Å². The van der Waals surface area contributed by atoms with E-state index in [2.05, 4.69) is 33.7 Å². The van der Waals surface area contributed by atoms with E-state index in [0.717, 1.165) is 24.8 Å². The molecule has 0 aliphatic rings. The first-order valence-corrected chi connectivity index (χ1v) is 8.13. The number of methoxy groups -OCH3 is 1. The highest BCUT2D eigenvalue weighted by Gasteiger charge is 2.18. The number of nitrogens with zero attached hydrogens (tertiary/aromatic N) is 4. The number of nitro groups is 1. The van der Waals surface area contributed by atoms with Gasteiger partial charge >= 0.3 is 5.97 Å². The van der Waals surface area contributed by atoms with Crippen molar-refractivity contribution in [2.75, 3.05) is 25.1 Å². The van der Waals surface area contributed by atoms with Crippen LogP contribution in [0.25, 0.3) is 0 Å². The second-order valence-electron chi connectivity index (χ2n) is 5.34. The lowest BCUT2D eigenvalue weighted by molar-refractivity contribution is -0.384. The summed E-state index contributed by atoms with van der Waals surface area (Å²) in [4.78, 5) is 24.3. The fourth-order valence-electron chi connectivity index (χ4n) is 2.43. The summed E-state index contributed by atoms with van der Waals surface area (Å²) in [6.07, 6.45) is 0. The number of esters is 1. The highest BCUT2D eigenvalue weighted by Crippen LogP contribution is 2.30. The van der Waals surface area contributed by atoms with Crippen LogP contribution in [0, 0.1) is 10.1 Å². The van der Waals surface area contributed by atoms with E-state index in [0.29, 0.717) is 5.69 Å². The quantitative estimate of drug-likeness (QED) is 0.311. The van der Waals surface area contributed by atoms with Gasteiger partial charge in [-0.15, -0.1) is 5.11 Å². The lowest BCUT2D eigenvalue weighted by atomic mass is 10.2. The summed E-state index contributed by atoms with van der Waals surface area (Å²) in [7, 11) is 1.21. The number of rotatable bonds is 7. The number of ether oxygens (including phenoxy) is 1. The molecule has 8 nitrogen and oxygen atoms in total. The summed E-state index contributed by atoms with van der Waals surface area (Å²) in [6.45, 7) is 5.95. The van der Waals surface area contributed by atoms with Crippen molar-refractivity contribution < 1.29 is 14.5 Å². The Morgan fingerprint density at radius 3 is 2.31 bits per heavy atom. The Morgan fingerprint density at radius 2 is 1.77 bits per heavy atom. The minimum atomic E-state index is -0.649. The molecule has 2 rings (SSSR count). The van der Waals surface area contributed by atoms with Crippen molar-refractivity contribution in [1.29, 1.82) is 0 Å². The molecule has 0 saturated heterocycles. The summed E-state index contributed by atoms with van der Waals surface area (Å²) in [5, 5.41) is 19.2. The third-order valence-electron chi connectivity index (χ3n) is 3.84. The molecule has 0 atom stereocenters. The van der Waals surface area contributed by atoms with E-state index < -0.39 is 10.9 Å². The molecule has 0 spiro atoms. The van der Waals surface area contributed by atoms with E-state index in [1.165, 1.54) is 19.2 Å². The Kier molecular flexibility index (Phi) is 6.37. The summed E-state index contributed by atoms with van der Waals surface area (Å²) < 4.78 is 4.57. The zero-order valence-corrected chi connectivity index (χ0v) is 14.9. The molecule has 0 fully saturated rings. The molecule has 0 bridgehead atoms. The Balaban J connectivity index is 2.27. The van der Waals surface area contributed by atoms with Gasteiger partial charge < -0.3 is 9.64 Å². The molecular weight excluding hydrogens is 336 g/mol. The van der Waals surface area contributed by atoms with Gasteiger partial charge in [-0.05, 0) is 50.2 Å². The van der Waals surface area contributed by atoms with Crippen molar-refractivity contribution in [2.24, 2.45) is 10.2 Å². The van der Waals surface area contributed by atoms with Crippen molar-refractivity contribution in [2.45, 2.75) is 13.8 Å². The van der Waals surface area contributed by atoms with Crippen LogP contribution in [-0.2, 0) is 4.74 Å². The normalized spacial score (nSPS) is 10.7. The lowest BCUT2D eigenvalue weighted by Crippen LogP contribution is -2.21. The smallest absolute Gasteiger partial charge is 0.338 e. The van der Waals surface area contributed by atoms with Crippen LogP contribution in [0.4, 0.5) is 22.7 Å². The zero-order valence-electron chi connectivity index (χ0n) is 14.9. The minimum Gasteiger partial charge on any atom is -0.465 e. The molecule has 0 unspecified atom stereocenters. The largest absolute Gasteiger partial charge is 0.465 e. The van der Waals surface area contributed by atoms with Gasteiger partial charge in [-0.25, -0.2) is 4.79 Å². The third kappa shape index (κ3) is 4.41. The lowest BCUT2D eigenvalue weighted by Gasteiger charge is -2.20. The van der Waals surface area contributed by atoms with Gasteiger partial charge in [0, 0.05) is 24.8 Å². The molecule has 0 radical (unpaired) electrons. The van der Waals surface area contributed by atoms with E-state index in [1.807, 2.05) is 12.1 Å². The molecule has 0 N–H and O–H groups in total. The molecule has 0 aromatic heterocycles. The summed E-state index contributed by atoms with van der Waals surface area (Å²) >= 11 is 0. The highest BCUT2D eigenvalue weighted by atomic mass is 16.6. The Bertz CT molecular complexity index is 814. The summed E-state index contributed by atoms with van der Waals surface area (Å²) in [5.74, 6) is -0.649. The minimum absolute atomic E-state index is 0.0653. The predicted octanol–water partition coefficient (Wildman–Crippen LogP) is 4.64. The van der Waals surface area contributed by atoms with Crippen LogP contribution in [-0.4, -0.2) is 31.1 Å². The van der Waals surface area contributed by atoms with Crippen molar-refractivity contribution in [3.8, 4) is 0 Å². The van der Waals surface area contributed by atoms with Crippen LogP contribution in [0.1, 0.15) is 24.2 Å². The number of azo groups is 1. The Morgan fingerprint density at radius 1 is 1.12 bits per heavy atom. The molecule has 26 heavy (non-hydrogen) atoms. The third-order valence-corrected chi connectivity index (χ3v) is 3.84. The van der Waals surface area contributed by atoms with Gasteiger partial charge in [-0.1, -0.05) is 0 Å². The van der Waals surface area contributed by atoms with Crippen LogP contribution >= 0.6 is 0 Å². The molecular formula is C18H20N4O4. The molecule has 136 valence electrons. The molecule has 0 saturated carbocycles. The molecule has 8 heteroatoms. The number of nitro benzene ring substituents is 1. The van der Waals surface area contributed by atoms with Crippen LogP contribution in [0.3, 0.4) is 0 Å². The number of carbonyl (C=O) groups excluding carboxylic acids is 1. The van der Waals surface area contributed by atoms with Crippen LogP contribution in [0.5, 0.6) is 0 Å². The second kappa shape index (κ2) is 8.70. The molecule has 0 aliphatic heterocycles. The Labute approximate surface area is 151 Å². The van der Waals surface area contributed by atoms with Crippen LogP contribution < -0.4 is 4.90 Å². The van der Waals surface area contributed by atoms with Gasteiger partial charge in [0.2, 0.25) is 0 Å². The van der Waals surface area contributed by atoms with Gasteiger partial charge in [-0.2, -0.15) is 5.11 Å². The first-order valence-electron chi connectivity index (χ1n) is 8.13. The summed E-state index contributed by atoms with van der Waals surface area (Å²) in [5.41, 5.74) is 1.49. The maximum absolute atomic E-state index is 11.5. The zero-order chi connectivity index (χ0) is 19.1. The molecule has 2 aromatic carbocycles. The second-order valence-corrected chi connectivity index (χ2v) is 5.34. The van der Waals surface area contributed by atoms with E-state index in [-0.39, 0.29) is 16.9 Å². The first kappa shape index (κ1) is 19.0. The van der Waals surface area contributed by atoms with Crippen molar-refractivity contribution in [1.82, 2.24) is 0 Å². The fraction of sp³-hybridized carbons (Fsp3) is 0.278. The number of hydrogen-bond donors (Lipinski definition) is 0. The maximum Gasteiger partial charge on any atom is 0.338 e. The average Bonchev–Trinajstić information content (AvgIpc) is 2.67. The van der Waals surface area contributed by atoms with Crippen molar-refractivity contribution >= 4 is 28.7 Å². The van der Waals surface area contributed by atoms with Gasteiger partial charge in [-0.3, -0.25) is 10.1 Å². The van der Waals surface area contributed by atoms with Gasteiger partial charge in [0.25, 0.3) is 5.69 Å². The molecule has 0 heterocycles. The number of anilines is 1. The SMILES string of the molecule is CCN(CC)c1ccc(N=Nc2ccc(C(=O)OC)cc2[N+](=O)[O-])cc1. The molecule has 0 amide bonds. The first-order chi connectivity index (χ1) is 12.5. The van der Waals surface area contributed by atoms with Crippen LogP contribution in [0.15, 0.2) is 52.7 Å². The van der Waals surface area contributed by atoms with Gasteiger partial charge in [0.1, 0.15) is 0 Å². The van der Waals surface area contributed by atoms with Crippen molar-refractivity contribution in [3.63, 3.8) is 0 Å². The standard InChI is InChI=1S/C18H20N4O4/c1-4-21(5-2)15-9-7-14(8-10-15)19-20-16-11-6-13(18(23)26-3)12-17(16)22(24)25/h6-12H,4-5H2,1-3H3. The Hall–Kier alpha value is -3.29. The molecule has 0 aliphatic carbocycles. The fourth-order valence-corrected chi connectivity index (χ4v) is 2.43. The van der Waals surface area contributed by atoms with E-state index in [4.69, 9.17) is 0 Å². The number of benzene rings is 2. The van der Waals surface area contributed by atoms with Gasteiger partial charge in [0.15, 0.2) is 5.69 Å². The van der Waals surface area contributed by atoms with Crippen molar-refractivity contribution in [3.05, 3.63) is 58.1 Å². The van der Waals surface area contributed by atoms with E-state index in [9.17, 15) is 14.9 Å². The predicted molar refractivity (Wildman–Crippen MR) is 98.6 cm³/mol. The summed E-state index contributed by atoms with van der Waals surface area (Å²) in [6, 6.07) is 11.4. The van der Waals surface area contributed by atoms with E-state index >= 15 is 0 Å². The number of carbonyl (C=O) groups is 1. The molecule has 2 aromatic rings. The van der Waals surface area contributed by atoms with Crippen LogP contribution in [0.2, 0.25) is 0 Å². The monoisotopic (exact) mass is 356 g/mol. The number of hydrogen-bond acceptors (Lipinski definition) is 7. The topological polar surface area (TPSA) is 97.4 Å². The highest BCUT2D eigenvalue weighted by molar-refractivity contribution is 5.91. The maximum atomic E-state index is 11.5.